The minimum absolute atomic E-state index is 0.0431. The zero-order chi connectivity index (χ0) is 17.2. The number of hydrogen-bond donors (Lipinski definition) is 0. The van der Waals surface area contributed by atoms with Gasteiger partial charge in [0.05, 0.1) is 7.92 Å². The van der Waals surface area contributed by atoms with E-state index in [1.807, 2.05) is 78.9 Å². The van der Waals surface area contributed by atoms with Gasteiger partial charge in [-0.2, -0.15) is 0 Å². The predicted molar refractivity (Wildman–Crippen MR) is 102 cm³/mol. The molecule has 4 rings (SSSR count). The lowest BCUT2D eigenvalue weighted by Gasteiger charge is -2.17. The standard InChI is InChI=1S/C22H17O2P/c23-21-19-12-6-4-8-16(19)14-15-17-9-5-7-13-20(17)22(24)25(21)18-10-2-1-3-11-18/h1-13H,14-15H2. The maximum absolute atomic E-state index is 13.4. The number of carbonyl (C=O) groups is 2. The molecule has 2 nitrogen and oxygen atoms in total. The maximum Gasteiger partial charge on any atom is 0.196 e. The molecular formula is C22H17O2P. The van der Waals surface area contributed by atoms with E-state index in [-0.39, 0.29) is 11.0 Å². The summed E-state index contributed by atoms with van der Waals surface area (Å²) in [4.78, 5) is 26.7. The molecule has 0 aromatic heterocycles. The van der Waals surface area contributed by atoms with E-state index in [0.717, 1.165) is 29.3 Å². The minimum atomic E-state index is -1.60. The van der Waals surface area contributed by atoms with Crippen LogP contribution < -0.4 is 5.30 Å². The molecule has 122 valence electrons. The lowest BCUT2D eigenvalue weighted by atomic mass is 9.98. The van der Waals surface area contributed by atoms with E-state index < -0.39 is 7.92 Å². The summed E-state index contributed by atoms with van der Waals surface area (Å²) in [7, 11) is -1.60. The van der Waals surface area contributed by atoms with Gasteiger partial charge in [-0.25, -0.2) is 0 Å². The first-order valence-corrected chi connectivity index (χ1v) is 9.69. The average Bonchev–Trinajstić information content (AvgIpc) is 2.71. The lowest BCUT2D eigenvalue weighted by molar-refractivity contribution is 0.105. The minimum Gasteiger partial charge on any atom is -0.288 e. The Bertz CT molecular complexity index is 888. The molecule has 0 radical (unpaired) electrons. The zero-order valence-corrected chi connectivity index (χ0v) is 14.6. The van der Waals surface area contributed by atoms with Crippen molar-refractivity contribution in [2.24, 2.45) is 0 Å². The fourth-order valence-corrected chi connectivity index (χ4v) is 5.35. The van der Waals surface area contributed by atoms with Crippen molar-refractivity contribution in [2.75, 3.05) is 0 Å². The second-order valence-electron chi connectivity index (χ2n) is 6.10. The van der Waals surface area contributed by atoms with E-state index in [1.54, 1.807) is 0 Å². The topological polar surface area (TPSA) is 34.1 Å². The summed E-state index contributed by atoms with van der Waals surface area (Å²) in [5, 5.41) is 0.819. The van der Waals surface area contributed by atoms with Crippen LogP contribution >= 0.6 is 7.92 Å². The van der Waals surface area contributed by atoms with E-state index in [0.29, 0.717) is 11.1 Å². The Balaban J connectivity index is 1.95. The van der Waals surface area contributed by atoms with E-state index in [1.165, 1.54) is 0 Å². The highest BCUT2D eigenvalue weighted by atomic mass is 31.1. The highest BCUT2D eigenvalue weighted by molar-refractivity contribution is 7.96. The summed E-state index contributed by atoms with van der Waals surface area (Å²) < 4.78 is 0. The maximum atomic E-state index is 13.4. The van der Waals surface area contributed by atoms with Gasteiger partial charge in [0.1, 0.15) is 0 Å². The van der Waals surface area contributed by atoms with Crippen LogP contribution in [-0.2, 0) is 12.8 Å². The van der Waals surface area contributed by atoms with Crippen molar-refractivity contribution < 1.29 is 9.59 Å². The van der Waals surface area contributed by atoms with Crippen LogP contribution in [0.3, 0.4) is 0 Å². The van der Waals surface area contributed by atoms with E-state index >= 15 is 0 Å². The fourth-order valence-electron chi connectivity index (χ4n) is 3.31. The summed E-state index contributed by atoms with van der Waals surface area (Å²) in [6, 6.07) is 24.9. The summed E-state index contributed by atoms with van der Waals surface area (Å²) in [6.07, 6.45) is 1.54. The fraction of sp³-hybridized carbons (Fsp3) is 0.0909. The molecular weight excluding hydrogens is 327 g/mol. The lowest BCUT2D eigenvalue weighted by Crippen LogP contribution is -2.17. The first-order chi connectivity index (χ1) is 12.3. The number of rotatable bonds is 1. The van der Waals surface area contributed by atoms with Crippen LogP contribution in [0.5, 0.6) is 0 Å². The monoisotopic (exact) mass is 344 g/mol. The third-order valence-electron chi connectivity index (χ3n) is 4.58. The molecule has 0 saturated heterocycles. The van der Waals surface area contributed by atoms with Gasteiger partial charge in [0.25, 0.3) is 0 Å². The molecule has 3 heteroatoms. The van der Waals surface area contributed by atoms with Crippen LogP contribution in [-0.4, -0.2) is 11.0 Å². The van der Waals surface area contributed by atoms with Gasteiger partial charge >= 0.3 is 0 Å². The zero-order valence-electron chi connectivity index (χ0n) is 13.7. The SMILES string of the molecule is O=C1c2ccccc2CCc2ccccc2C(=O)P1c1ccccc1. The van der Waals surface area contributed by atoms with Crippen molar-refractivity contribution >= 4 is 24.3 Å². The van der Waals surface area contributed by atoms with Gasteiger partial charge in [0.2, 0.25) is 0 Å². The largest absolute Gasteiger partial charge is 0.288 e. The molecule has 0 fully saturated rings. The van der Waals surface area contributed by atoms with E-state index in [2.05, 4.69) is 0 Å². The van der Waals surface area contributed by atoms with E-state index in [4.69, 9.17) is 0 Å². The van der Waals surface area contributed by atoms with Crippen LogP contribution in [0.4, 0.5) is 0 Å². The highest BCUT2D eigenvalue weighted by Gasteiger charge is 2.33. The highest BCUT2D eigenvalue weighted by Crippen LogP contribution is 2.44. The Morgan fingerprint density at radius 3 is 1.52 bits per heavy atom. The molecule has 0 bridgehead atoms. The Morgan fingerprint density at radius 2 is 1.00 bits per heavy atom. The third kappa shape index (κ3) is 2.94. The number of hydrogen-bond acceptors (Lipinski definition) is 2. The van der Waals surface area contributed by atoms with Crippen molar-refractivity contribution in [1.29, 1.82) is 0 Å². The molecule has 0 spiro atoms. The molecule has 3 aromatic carbocycles. The molecule has 0 amide bonds. The molecule has 0 saturated carbocycles. The van der Waals surface area contributed by atoms with Gasteiger partial charge in [-0.15, -0.1) is 0 Å². The van der Waals surface area contributed by atoms with Gasteiger partial charge in [-0.05, 0) is 29.3 Å². The number of fused-ring (bicyclic) bond motifs is 2. The van der Waals surface area contributed by atoms with Crippen LogP contribution in [0.15, 0.2) is 78.9 Å². The Kier molecular flexibility index (Phi) is 4.29. The van der Waals surface area contributed by atoms with Crippen molar-refractivity contribution in [3.63, 3.8) is 0 Å². The van der Waals surface area contributed by atoms with Gasteiger partial charge in [-0.1, -0.05) is 78.9 Å². The van der Waals surface area contributed by atoms with Gasteiger partial charge in [0, 0.05) is 11.1 Å². The molecule has 1 heterocycles. The molecule has 0 aliphatic carbocycles. The second kappa shape index (κ2) is 6.74. The number of aryl methyl sites for hydroxylation is 2. The third-order valence-corrected chi connectivity index (χ3v) is 6.69. The molecule has 0 unspecified atom stereocenters. The summed E-state index contributed by atoms with van der Waals surface area (Å²) in [5.74, 6) is 0. The van der Waals surface area contributed by atoms with Crippen LogP contribution in [0.25, 0.3) is 0 Å². The van der Waals surface area contributed by atoms with Crippen molar-refractivity contribution in [2.45, 2.75) is 12.8 Å². The van der Waals surface area contributed by atoms with Crippen molar-refractivity contribution in [1.82, 2.24) is 0 Å². The number of carbonyl (C=O) groups excluding carboxylic acids is 2. The second-order valence-corrected chi connectivity index (χ2v) is 8.10. The number of benzene rings is 3. The predicted octanol–water partition coefficient (Wildman–Crippen LogP) is 4.57. The van der Waals surface area contributed by atoms with Gasteiger partial charge in [-0.3, -0.25) is 9.59 Å². The van der Waals surface area contributed by atoms with Crippen molar-refractivity contribution in [3.05, 3.63) is 101 Å². The Hall–Kier alpha value is -2.57. The summed E-state index contributed by atoms with van der Waals surface area (Å²) in [6.45, 7) is 0. The quantitative estimate of drug-likeness (QED) is 0.606. The Labute approximate surface area is 148 Å². The van der Waals surface area contributed by atoms with Crippen LogP contribution in [0.1, 0.15) is 31.8 Å². The molecule has 0 N–H and O–H groups in total. The molecule has 3 aromatic rings. The first kappa shape index (κ1) is 15.9. The van der Waals surface area contributed by atoms with Crippen molar-refractivity contribution in [3.8, 4) is 0 Å². The first-order valence-electron chi connectivity index (χ1n) is 8.35. The normalized spacial score (nSPS) is 14.9. The molecule has 1 aliphatic rings. The van der Waals surface area contributed by atoms with Gasteiger partial charge < -0.3 is 0 Å². The summed E-state index contributed by atoms with van der Waals surface area (Å²) in [5.41, 5.74) is 3.36. The Morgan fingerprint density at radius 1 is 0.560 bits per heavy atom. The van der Waals surface area contributed by atoms with E-state index in [9.17, 15) is 9.59 Å². The van der Waals surface area contributed by atoms with Crippen LogP contribution in [0, 0.1) is 0 Å². The molecule has 1 aliphatic heterocycles. The summed E-state index contributed by atoms with van der Waals surface area (Å²) >= 11 is 0. The smallest absolute Gasteiger partial charge is 0.196 e. The van der Waals surface area contributed by atoms with Crippen LogP contribution in [0.2, 0.25) is 0 Å². The average molecular weight is 344 g/mol. The molecule has 25 heavy (non-hydrogen) atoms. The molecule has 0 atom stereocenters. The van der Waals surface area contributed by atoms with Gasteiger partial charge in [0.15, 0.2) is 11.0 Å².